The predicted molar refractivity (Wildman–Crippen MR) is 130 cm³/mol. The molecule has 1 saturated heterocycles. The number of nitrogens with zero attached hydrogens (tertiary/aromatic N) is 3. The molecule has 0 atom stereocenters. The van der Waals surface area contributed by atoms with E-state index < -0.39 is 0 Å². The third-order valence-corrected chi connectivity index (χ3v) is 6.55. The quantitative estimate of drug-likeness (QED) is 0.495. The Kier molecular flexibility index (Phi) is 6.80. The van der Waals surface area contributed by atoms with Crippen LogP contribution in [0.3, 0.4) is 0 Å². The molecule has 0 N–H and O–H groups in total. The molecule has 0 radical (unpaired) electrons. The molecule has 2 fully saturated rings. The Morgan fingerprint density at radius 2 is 1.44 bits per heavy atom. The van der Waals surface area contributed by atoms with E-state index in [1.54, 1.807) is 0 Å². The summed E-state index contributed by atoms with van der Waals surface area (Å²) in [5.74, 6) is 0.995. The first-order chi connectivity index (χ1) is 15.8. The van der Waals surface area contributed by atoms with E-state index >= 15 is 0 Å². The number of hydrogen-bond donors (Lipinski definition) is 0. The molecule has 4 heteroatoms. The zero-order valence-corrected chi connectivity index (χ0v) is 18.8. The fourth-order valence-electron chi connectivity index (χ4n) is 4.37. The van der Waals surface area contributed by atoms with E-state index in [0.717, 1.165) is 56.0 Å². The van der Waals surface area contributed by atoms with Gasteiger partial charge in [0.25, 0.3) is 0 Å². The molecular formula is C28H33N3O. The Balaban J connectivity index is 1.13. The largest absolute Gasteiger partial charge is 0.490 e. The van der Waals surface area contributed by atoms with Gasteiger partial charge in [-0.1, -0.05) is 42.5 Å². The van der Waals surface area contributed by atoms with Crippen molar-refractivity contribution < 1.29 is 4.74 Å². The molecule has 2 aromatic carbocycles. The summed E-state index contributed by atoms with van der Waals surface area (Å²) in [7, 11) is 0. The average Bonchev–Trinajstić information content (AvgIpc) is 3.67. The average molecular weight is 428 g/mol. The van der Waals surface area contributed by atoms with Crippen LogP contribution in [0, 0.1) is 0 Å². The van der Waals surface area contributed by atoms with Gasteiger partial charge in [-0.3, -0.25) is 4.98 Å². The maximum absolute atomic E-state index is 6.26. The summed E-state index contributed by atoms with van der Waals surface area (Å²) in [6, 6.07) is 23.6. The van der Waals surface area contributed by atoms with E-state index in [4.69, 9.17) is 4.74 Å². The van der Waals surface area contributed by atoms with E-state index in [9.17, 15) is 0 Å². The predicted octanol–water partition coefficient (Wildman–Crippen LogP) is 4.69. The highest BCUT2D eigenvalue weighted by molar-refractivity contribution is 5.67. The van der Waals surface area contributed by atoms with Crippen molar-refractivity contribution in [1.82, 2.24) is 14.8 Å². The molecule has 0 unspecified atom stereocenters. The first kappa shape index (κ1) is 21.2. The number of ether oxygens (including phenoxy) is 1. The highest BCUT2D eigenvalue weighted by Crippen LogP contribution is 2.35. The summed E-state index contributed by atoms with van der Waals surface area (Å²) >= 11 is 0. The van der Waals surface area contributed by atoms with Gasteiger partial charge < -0.3 is 14.5 Å². The van der Waals surface area contributed by atoms with Crippen LogP contribution >= 0.6 is 0 Å². The highest BCUT2D eigenvalue weighted by atomic mass is 16.5. The monoisotopic (exact) mass is 427 g/mol. The second-order valence-corrected chi connectivity index (χ2v) is 9.03. The van der Waals surface area contributed by atoms with E-state index in [-0.39, 0.29) is 0 Å². The van der Waals surface area contributed by atoms with Gasteiger partial charge in [-0.2, -0.15) is 0 Å². The molecule has 1 aromatic heterocycles. The summed E-state index contributed by atoms with van der Waals surface area (Å²) in [6.07, 6.45) is 6.78. The van der Waals surface area contributed by atoms with E-state index in [2.05, 4.69) is 69.4 Å². The molecular weight excluding hydrogens is 394 g/mol. The van der Waals surface area contributed by atoms with E-state index in [0.29, 0.717) is 6.10 Å². The lowest BCUT2D eigenvalue weighted by atomic mass is 10.0. The molecule has 32 heavy (non-hydrogen) atoms. The standard InChI is InChI=1S/C28H33N3O/c1-2-6-23(7-3-1)13-16-30-18-20-31(21-19-30)17-14-24-9-12-26(27-8-4-5-15-29-27)28(22-24)32-25-10-11-25/h1-9,12,15,22,25H,10-11,13-14,16-21H2. The summed E-state index contributed by atoms with van der Waals surface area (Å²) in [4.78, 5) is 9.74. The Bertz CT molecular complexity index is 980. The maximum Gasteiger partial charge on any atom is 0.129 e. The third kappa shape index (κ3) is 5.76. The minimum Gasteiger partial charge on any atom is -0.490 e. The van der Waals surface area contributed by atoms with Crippen LogP contribution in [0.2, 0.25) is 0 Å². The second kappa shape index (κ2) is 10.3. The van der Waals surface area contributed by atoms with Gasteiger partial charge in [0.2, 0.25) is 0 Å². The molecule has 1 saturated carbocycles. The van der Waals surface area contributed by atoms with Crippen molar-refractivity contribution in [2.75, 3.05) is 39.3 Å². The van der Waals surface area contributed by atoms with Gasteiger partial charge in [0.05, 0.1) is 11.8 Å². The fourth-order valence-corrected chi connectivity index (χ4v) is 4.37. The number of hydrogen-bond acceptors (Lipinski definition) is 4. The minimum atomic E-state index is 0.386. The summed E-state index contributed by atoms with van der Waals surface area (Å²) in [6.45, 7) is 6.93. The second-order valence-electron chi connectivity index (χ2n) is 9.03. The van der Waals surface area contributed by atoms with Gasteiger partial charge in [0, 0.05) is 51.0 Å². The first-order valence-corrected chi connectivity index (χ1v) is 12.0. The molecule has 166 valence electrons. The summed E-state index contributed by atoms with van der Waals surface area (Å²) in [5, 5.41) is 0. The van der Waals surface area contributed by atoms with Crippen molar-refractivity contribution >= 4 is 0 Å². The van der Waals surface area contributed by atoms with Crippen LogP contribution in [0.4, 0.5) is 0 Å². The first-order valence-electron chi connectivity index (χ1n) is 12.0. The van der Waals surface area contributed by atoms with Crippen molar-refractivity contribution in [1.29, 1.82) is 0 Å². The summed E-state index contributed by atoms with van der Waals surface area (Å²) < 4.78 is 6.26. The Labute approximate surface area is 191 Å². The molecule has 4 nitrogen and oxygen atoms in total. The molecule has 0 amide bonds. The van der Waals surface area contributed by atoms with Crippen molar-refractivity contribution in [3.05, 3.63) is 84.1 Å². The maximum atomic E-state index is 6.26. The van der Waals surface area contributed by atoms with Gasteiger partial charge in [-0.15, -0.1) is 0 Å². The van der Waals surface area contributed by atoms with Crippen molar-refractivity contribution in [3.8, 4) is 17.0 Å². The van der Waals surface area contributed by atoms with Gasteiger partial charge in [-0.25, -0.2) is 0 Å². The Hall–Kier alpha value is -2.69. The van der Waals surface area contributed by atoms with Crippen LogP contribution in [0.1, 0.15) is 24.0 Å². The molecule has 0 bridgehead atoms. The highest BCUT2D eigenvalue weighted by Gasteiger charge is 2.25. The number of aromatic nitrogens is 1. The zero-order chi connectivity index (χ0) is 21.6. The van der Waals surface area contributed by atoms with Crippen molar-refractivity contribution in [2.45, 2.75) is 31.8 Å². The molecule has 5 rings (SSSR count). The lowest BCUT2D eigenvalue weighted by Crippen LogP contribution is -2.47. The van der Waals surface area contributed by atoms with Crippen LogP contribution < -0.4 is 4.74 Å². The third-order valence-electron chi connectivity index (χ3n) is 6.55. The van der Waals surface area contributed by atoms with Crippen LogP contribution in [-0.2, 0) is 12.8 Å². The minimum absolute atomic E-state index is 0.386. The molecule has 2 aliphatic rings. The summed E-state index contributed by atoms with van der Waals surface area (Å²) in [5.41, 5.74) is 4.88. The molecule has 2 heterocycles. The van der Waals surface area contributed by atoms with Crippen molar-refractivity contribution in [2.24, 2.45) is 0 Å². The topological polar surface area (TPSA) is 28.6 Å². The normalized spacial score (nSPS) is 17.4. The van der Waals surface area contributed by atoms with Crippen LogP contribution in [-0.4, -0.2) is 60.2 Å². The van der Waals surface area contributed by atoms with Crippen LogP contribution in [0.5, 0.6) is 5.75 Å². The van der Waals surface area contributed by atoms with Gasteiger partial charge in [-0.05, 0) is 61.1 Å². The molecule has 3 aromatic rings. The molecule has 1 aliphatic carbocycles. The lowest BCUT2D eigenvalue weighted by Gasteiger charge is -2.34. The van der Waals surface area contributed by atoms with E-state index in [1.807, 2.05) is 18.3 Å². The van der Waals surface area contributed by atoms with Crippen LogP contribution in [0.25, 0.3) is 11.3 Å². The number of pyridine rings is 1. The van der Waals surface area contributed by atoms with Crippen molar-refractivity contribution in [3.63, 3.8) is 0 Å². The number of rotatable bonds is 9. The Morgan fingerprint density at radius 3 is 2.09 bits per heavy atom. The number of piperazine rings is 1. The van der Waals surface area contributed by atoms with Gasteiger partial charge >= 0.3 is 0 Å². The number of benzene rings is 2. The van der Waals surface area contributed by atoms with E-state index in [1.165, 1.54) is 37.1 Å². The Morgan fingerprint density at radius 1 is 0.750 bits per heavy atom. The van der Waals surface area contributed by atoms with Gasteiger partial charge in [0.15, 0.2) is 0 Å². The molecule has 0 spiro atoms. The lowest BCUT2D eigenvalue weighted by molar-refractivity contribution is 0.134. The SMILES string of the molecule is c1ccc(CCN2CCN(CCc3ccc(-c4ccccn4)c(OC4CC4)c3)CC2)cc1. The smallest absolute Gasteiger partial charge is 0.129 e. The van der Waals surface area contributed by atoms with Gasteiger partial charge in [0.1, 0.15) is 5.75 Å². The molecule has 1 aliphatic heterocycles. The van der Waals surface area contributed by atoms with Crippen LogP contribution in [0.15, 0.2) is 72.9 Å². The fraction of sp³-hybridized carbons (Fsp3) is 0.393. The zero-order valence-electron chi connectivity index (χ0n) is 18.8.